The van der Waals surface area contributed by atoms with E-state index < -0.39 is 47.0 Å². The maximum atomic E-state index is 13.0. The number of aliphatic carboxylic acids is 1. The minimum absolute atomic E-state index is 0.0830. The number of carboxylic acid groups (broad SMARTS) is 1. The molecule has 11 heteroatoms. The third kappa shape index (κ3) is 5.86. The first kappa shape index (κ1) is 25.5. The molecule has 0 aliphatic heterocycles. The van der Waals surface area contributed by atoms with Crippen LogP contribution in [0.1, 0.15) is 40.5 Å². The van der Waals surface area contributed by atoms with E-state index in [1.807, 2.05) is 0 Å². The summed E-state index contributed by atoms with van der Waals surface area (Å²) < 4.78 is 39.8. The van der Waals surface area contributed by atoms with E-state index in [-0.39, 0.29) is 18.7 Å². The Morgan fingerprint density at radius 3 is 2.34 bits per heavy atom. The highest BCUT2D eigenvalue weighted by Gasteiger charge is 2.30. The highest BCUT2D eigenvalue weighted by Crippen LogP contribution is 2.32. The minimum atomic E-state index is -4.48. The van der Waals surface area contributed by atoms with Crippen LogP contribution in [0.25, 0.3) is 11.1 Å². The van der Waals surface area contributed by atoms with Gasteiger partial charge in [-0.15, -0.1) is 0 Å². The minimum Gasteiger partial charge on any atom is -0.505 e. The van der Waals surface area contributed by atoms with Crippen molar-refractivity contribution in [1.29, 1.82) is 0 Å². The number of carbonyl (C=O) groups is 2. The van der Waals surface area contributed by atoms with Gasteiger partial charge in [-0.05, 0) is 35.2 Å². The zero-order valence-corrected chi connectivity index (χ0v) is 18.6. The van der Waals surface area contributed by atoms with Crippen LogP contribution in [0.3, 0.4) is 0 Å². The summed E-state index contributed by atoms with van der Waals surface area (Å²) >= 11 is 0. The quantitative estimate of drug-likeness (QED) is 0.446. The van der Waals surface area contributed by atoms with Gasteiger partial charge in [-0.25, -0.2) is 4.68 Å². The number of nitrogens with one attached hydrogen (secondary N) is 1. The summed E-state index contributed by atoms with van der Waals surface area (Å²) in [5, 5.41) is 25.5. The number of carboxylic acids is 1. The van der Waals surface area contributed by atoms with Crippen LogP contribution in [0.4, 0.5) is 13.2 Å². The van der Waals surface area contributed by atoms with Crippen molar-refractivity contribution in [3.05, 3.63) is 81.3 Å². The van der Waals surface area contributed by atoms with Gasteiger partial charge in [0.1, 0.15) is 17.8 Å². The number of carbonyl (C=O) groups excluding carboxylic acids is 1. The van der Waals surface area contributed by atoms with Crippen LogP contribution < -0.4 is 10.9 Å². The number of halogens is 3. The van der Waals surface area contributed by atoms with Gasteiger partial charge in [0.05, 0.1) is 12.1 Å². The summed E-state index contributed by atoms with van der Waals surface area (Å²) in [6.45, 7) is 0.910. The van der Waals surface area contributed by atoms with E-state index in [9.17, 15) is 32.7 Å². The van der Waals surface area contributed by atoms with E-state index in [4.69, 9.17) is 5.11 Å². The number of benzene rings is 2. The standard InChI is InChI=1S/C24H22F3N3O5/c1-2-5-18-21(33)20(22(34)28-12-19(31)32)23(35)30(29-18)13-15-6-3-4-7-17(15)14-8-10-16(11-9-14)24(25,26)27/h3-4,6-11,33H,2,5,12-13H2,1H3,(H,28,34)(H,31,32). The first-order valence-electron chi connectivity index (χ1n) is 10.6. The molecule has 0 spiro atoms. The average Bonchev–Trinajstić information content (AvgIpc) is 2.81. The van der Waals surface area contributed by atoms with E-state index in [1.165, 1.54) is 12.1 Å². The Labute approximate surface area is 197 Å². The largest absolute Gasteiger partial charge is 0.505 e. The van der Waals surface area contributed by atoms with Gasteiger partial charge < -0.3 is 15.5 Å². The van der Waals surface area contributed by atoms with E-state index in [0.717, 1.165) is 16.8 Å². The average molecular weight is 489 g/mol. The predicted molar refractivity (Wildman–Crippen MR) is 120 cm³/mol. The van der Waals surface area contributed by atoms with Crippen LogP contribution in [0.2, 0.25) is 0 Å². The summed E-state index contributed by atoms with van der Waals surface area (Å²) in [5.41, 5.74) is -0.711. The molecule has 0 fully saturated rings. The lowest BCUT2D eigenvalue weighted by Gasteiger charge is -2.15. The number of alkyl halides is 3. The fourth-order valence-corrected chi connectivity index (χ4v) is 3.51. The summed E-state index contributed by atoms with van der Waals surface area (Å²) in [6, 6.07) is 11.3. The smallest absolute Gasteiger partial charge is 0.416 e. The zero-order valence-electron chi connectivity index (χ0n) is 18.6. The summed E-state index contributed by atoms with van der Waals surface area (Å²) in [7, 11) is 0. The molecule has 0 saturated heterocycles. The van der Waals surface area contributed by atoms with Gasteiger partial charge in [0.2, 0.25) is 0 Å². The Balaban J connectivity index is 2.05. The molecule has 1 amide bonds. The Morgan fingerprint density at radius 1 is 1.09 bits per heavy atom. The van der Waals surface area contributed by atoms with Crippen molar-refractivity contribution >= 4 is 11.9 Å². The molecule has 35 heavy (non-hydrogen) atoms. The molecule has 0 bridgehead atoms. The number of nitrogens with zero attached hydrogens (tertiary/aromatic N) is 2. The Morgan fingerprint density at radius 2 is 1.74 bits per heavy atom. The molecule has 1 aromatic heterocycles. The second kappa shape index (κ2) is 10.4. The van der Waals surface area contributed by atoms with E-state index in [2.05, 4.69) is 10.4 Å². The van der Waals surface area contributed by atoms with Crippen molar-refractivity contribution in [3.63, 3.8) is 0 Å². The molecule has 184 valence electrons. The number of aryl methyl sites for hydroxylation is 1. The molecule has 0 atom stereocenters. The first-order valence-corrected chi connectivity index (χ1v) is 10.6. The maximum Gasteiger partial charge on any atom is 0.416 e. The molecule has 0 aliphatic rings. The maximum absolute atomic E-state index is 13.0. The molecule has 8 nitrogen and oxygen atoms in total. The molecular formula is C24H22F3N3O5. The zero-order chi connectivity index (χ0) is 25.8. The fourth-order valence-electron chi connectivity index (χ4n) is 3.51. The van der Waals surface area contributed by atoms with E-state index in [1.54, 1.807) is 31.2 Å². The molecule has 0 aliphatic carbocycles. The summed E-state index contributed by atoms with van der Waals surface area (Å²) in [5.74, 6) is -3.00. The Hall–Kier alpha value is -4.15. The topological polar surface area (TPSA) is 122 Å². The van der Waals surface area contributed by atoms with Crippen molar-refractivity contribution in [2.75, 3.05) is 6.54 Å². The molecule has 0 radical (unpaired) electrons. The number of hydrogen-bond acceptors (Lipinski definition) is 5. The van der Waals surface area contributed by atoms with Gasteiger partial charge in [0, 0.05) is 0 Å². The molecule has 0 saturated carbocycles. The molecule has 1 heterocycles. The molecule has 3 aromatic rings. The molecular weight excluding hydrogens is 467 g/mol. The lowest BCUT2D eigenvalue weighted by Crippen LogP contribution is -2.37. The normalized spacial score (nSPS) is 11.3. The number of aromatic hydroxyl groups is 1. The van der Waals surface area contributed by atoms with Crippen molar-refractivity contribution in [2.24, 2.45) is 0 Å². The summed E-state index contributed by atoms with van der Waals surface area (Å²) in [6.07, 6.45) is -3.70. The van der Waals surface area contributed by atoms with Crippen LogP contribution in [0, 0.1) is 0 Å². The number of hydrogen-bond donors (Lipinski definition) is 3. The van der Waals surface area contributed by atoms with Crippen molar-refractivity contribution in [1.82, 2.24) is 15.1 Å². The fraction of sp³-hybridized carbons (Fsp3) is 0.250. The summed E-state index contributed by atoms with van der Waals surface area (Å²) in [4.78, 5) is 36.3. The third-order valence-electron chi connectivity index (χ3n) is 5.17. The van der Waals surface area contributed by atoms with Gasteiger partial charge in [-0.3, -0.25) is 14.4 Å². The number of rotatable bonds is 8. The highest BCUT2D eigenvalue weighted by atomic mass is 19.4. The van der Waals surface area contributed by atoms with E-state index >= 15 is 0 Å². The van der Waals surface area contributed by atoms with Gasteiger partial charge in [0.15, 0.2) is 5.75 Å². The Kier molecular flexibility index (Phi) is 7.58. The van der Waals surface area contributed by atoms with Crippen molar-refractivity contribution < 1.29 is 33.0 Å². The van der Waals surface area contributed by atoms with Crippen LogP contribution in [0.5, 0.6) is 5.75 Å². The lowest BCUT2D eigenvalue weighted by atomic mass is 9.98. The van der Waals surface area contributed by atoms with E-state index in [0.29, 0.717) is 23.1 Å². The molecule has 0 unspecified atom stereocenters. The second-order valence-corrected chi connectivity index (χ2v) is 7.69. The van der Waals surface area contributed by atoms with Crippen LogP contribution in [0.15, 0.2) is 53.3 Å². The molecule has 2 aromatic carbocycles. The predicted octanol–water partition coefficient (Wildman–Crippen LogP) is 3.45. The SMILES string of the molecule is CCCc1nn(Cc2ccccc2-c2ccc(C(F)(F)F)cc2)c(=O)c(C(=O)NCC(=O)O)c1O. The van der Waals surface area contributed by atoms with Gasteiger partial charge in [0.25, 0.3) is 11.5 Å². The molecule has 3 rings (SSSR count). The van der Waals surface area contributed by atoms with Crippen LogP contribution in [-0.4, -0.2) is 38.4 Å². The third-order valence-corrected chi connectivity index (χ3v) is 5.17. The van der Waals surface area contributed by atoms with Gasteiger partial charge >= 0.3 is 12.1 Å². The van der Waals surface area contributed by atoms with Gasteiger partial charge in [-0.1, -0.05) is 49.7 Å². The van der Waals surface area contributed by atoms with Gasteiger partial charge in [-0.2, -0.15) is 18.3 Å². The monoisotopic (exact) mass is 489 g/mol. The first-order chi connectivity index (χ1) is 16.5. The van der Waals surface area contributed by atoms with Crippen LogP contribution >= 0.6 is 0 Å². The van der Waals surface area contributed by atoms with Crippen molar-refractivity contribution in [3.8, 4) is 16.9 Å². The van der Waals surface area contributed by atoms with Crippen LogP contribution in [-0.2, 0) is 23.9 Å². The Bertz CT molecular complexity index is 1300. The highest BCUT2D eigenvalue weighted by molar-refractivity contribution is 5.98. The number of amides is 1. The molecule has 3 N–H and O–H groups in total. The van der Waals surface area contributed by atoms with Crippen molar-refractivity contribution in [2.45, 2.75) is 32.5 Å². The second-order valence-electron chi connectivity index (χ2n) is 7.69. The lowest BCUT2D eigenvalue weighted by molar-refractivity contribution is -0.137. The number of aromatic nitrogens is 2.